The Bertz CT molecular complexity index is 671. The Morgan fingerprint density at radius 3 is 2.84 bits per heavy atom. The monoisotopic (exact) mass is 272 g/mol. The first-order valence-electron chi connectivity index (χ1n) is 5.95. The molecule has 1 heterocycles. The van der Waals surface area contributed by atoms with Gasteiger partial charge in [-0.05, 0) is 12.3 Å². The summed E-state index contributed by atoms with van der Waals surface area (Å²) in [5.74, 6) is 5.53. The quantitative estimate of drug-likeness (QED) is 0.530. The highest BCUT2D eigenvalue weighted by Crippen LogP contribution is 2.23. The topological polar surface area (TPSA) is 42.0 Å². The van der Waals surface area contributed by atoms with Crippen LogP contribution in [0.3, 0.4) is 0 Å². The van der Waals surface area contributed by atoms with E-state index in [0.29, 0.717) is 23.7 Å². The van der Waals surface area contributed by atoms with Gasteiger partial charge in [0.05, 0.1) is 5.56 Å². The molecule has 0 aliphatic carbocycles. The van der Waals surface area contributed by atoms with Crippen LogP contribution in [0.25, 0.3) is 10.8 Å². The predicted octanol–water partition coefficient (Wildman–Crippen LogP) is 3.03. The average molecular weight is 273 g/mol. The van der Waals surface area contributed by atoms with Gasteiger partial charge in [-0.3, -0.25) is 4.79 Å². The third-order valence-corrected chi connectivity index (χ3v) is 3.00. The predicted molar refractivity (Wildman–Crippen MR) is 77.2 cm³/mol. The largest absolute Gasteiger partial charge is 0.351 e. The van der Waals surface area contributed by atoms with Crippen LogP contribution in [0.1, 0.15) is 23.7 Å². The second-order valence-corrected chi connectivity index (χ2v) is 4.30. The summed E-state index contributed by atoms with van der Waals surface area (Å²) in [4.78, 5) is 16.1. The number of benzene rings is 1. The molecule has 0 spiro atoms. The maximum absolute atomic E-state index is 12.1. The van der Waals surface area contributed by atoms with Crippen LogP contribution in [-0.2, 0) is 0 Å². The van der Waals surface area contributed by atoms with Gasteiger partial charge in [-0.1, -0.05) is 35.9 Å². The van der Waals surface area contributed by atoms with Gasteiger partial charge in [0, 0.05) is 24.5 Å². The number of nitrogens with one attached hydrogen (secondary N) is 1. The Morgan fingerprint density at radius 1 is 1.37 bits per heavy atom. The van der Waals surface area contributed by atoms with Gasteiger partial charge in [0.2, 0.25) is 0 Å². The highest BCUT2D eigenvalue weighted by Gasteiger charge is 2.11. The molecule has 0 aliphatic rings. The average Bonchev–Trinajstić information content (AvgIpc) is 2.44. The zero-order chi connectivity index (χ0) is 13.7. The fraction of sp³-hybridized carbons (Fsp3) is 0.200. The molecule has 0 bridgehead atoms. The summed E-state index contributed by atoms with van der Waals surface area (Å²) in [6, 6.07) is 7.46. The van der Waals surface area contributed by atoms with E-state index in [1.54, 1.807) is 6.92 Å². The fourth-order valence-corrected chi connectivity index (χ4v) is 2.01. The Labute approximate surface area is 117 Å². The molecular weight excluding hydrogens is 260 g/mol. The molecule has 0 saturated heterocycles. The van der Waals surface area contributed by atoms with Crippen molar-refractivity contribution in [1.29, 1.82) is 0 Å². The molecule has 1 aromatic heterocycles. The van der Waals surface area contributed by atoms with Crippen molar-refractivity contribution < 1.29 is 4.79 Å². The lowest BCUT2D eigenvalue weighted by Crippen LogP contribution is -2.24. The SMILES string of the molecule is CC#CCCNC(=O)c1cnc(Cl)c2ccccc12. The summed E-state index contributed by atoms with van der Waals surface area (Å²) in [5.41, 5.74) is 0.532. The van der Waals surface area contributed by atoms with Gasteiger partial charge in [0.15, 0.2) is 0 Å². The van der Waals surface area contributed by atoms with Crippen molar-refractivity contribution in [3.63, 3.8) is 0 Å². The minimum absolute atomic E-state index is 0.154. The van der Waals surface area contributed by atoms with Crippen molar-refractivity contribution in [1.82, 2.24) is 10.3 Å². The first-order valence-corrected chi connectivity index (χ1v) is 6.33. The number of amides is 1. The molecule has 1 amide bonds. The van der Waals surface area contributed by atoms with Gasteiger partial charge in [-0.25, -0.2) is 4.98 Å². The molecule has 2 rings (SSSR count). The minimum Gasteiger partial charge on any atom is -0.351 e. The van der Waals surface area contributed by atoms with Crippen LogP contribution >= 0.6 is 11.6 Å². The molecule has 0 unspecified atom stereocenters. The van der Waals surface area contributed by atoms with Crippen LogP contribution in [0.2, 0.25) is 5.15 Å². The van der Waals surface area contributed by atoms with Gasteiger partial charge in [-0.15, -0.1) is 11.8 Å². The Balaban J connectivity index is 2.26. The molecule has 2 aromatic rings. The molecule has 0 atom stereocenters. The van der Waals surface area contributed by atoms with E-state index in [-0.39, 0.29) is 5.91 Å². The van der Waals surface area contributed by atoms with Gasteiger partial charge in [0.1, 0.15) is 5.15 Å². The normalized spacial score (nSPS) is 9.79. The van der Waals surface area contributed by atoms with Crippen LogP contribution in [0, 0.1) is 11.8 Å². The zero-order valence-corrected chi connectivity index (χ0v) is 11.3. The Hall–Kier alpha value is -2.05. The molecule has 3 nitrogen and oxygen atoms in total. The van der Waals surface area contributed by atoms with E-state index in [9.17, 15) is 4.79 Å². The second-order valence-electron chi connectivity index (χ2n) is 3.94. The van der Waals surface area contributed by atoms with Crippen molar-refractivity contribution in [2.45, 2.75) is 13.3 Å². The lowest BCUT2D eigenvalue weighted by Gasteiger charge is -2.07. The van der Waals surface area contributed by atoms with Crippen molar-refractivity contribution in [3.05, 3.63) is 41.2 Å². The molecule has 0 saturated carbocycles. The maximum Gasteiger partial charge on any atom is 0.253 e. The molecule has 19 heavy (non-hydrogen) atoms. The lowest BCUT2D eigenvalue weighted by atomic mass is 10.1. The number of halogens is 1. The Morgan fingerprint density at radius 2 is 2.11 bits per heavy atom. The molecule has 0 aliphatic heterocycles. The molecule has 1 aromatic carbocycles. The number of nitrogens with zero attached hydrogens (tertiary/aromatic N) is 1. The third kappa shape index (κ3) is 3.04. The minimum atomic E-state index is -0.154. The van der Waals surface area contributed by atoms with Crippen molar-refractivity contribution >= 4 is 28.3 Å². The van der Waals surface area contributed by atoms with Gasteiger partial charge in [-0.2, -0.15) is 0 Å². The van der Waals surface area contributed by atoms with Crippen LogP contribution in [0.15, 0.2) is 30.5 Å². The van der Waals surface area contributed by atoms with Crippen LogP contribution in [0.5, 0.6) is 0 Å². The van der Waals surface area contributed by atoms with Crippen molar-refractivity contribution in [2.24, 2.45) is 0 Å². The summed E-state index contributed by atoms with van der Waals surface area (Å²) in [7, 11) is 0. The molecular formula is C15H13ClN2O. The number of hydrogen-bond donors (Lipinski definition) is 1. The Kier molecular flexibility index (Phi) is 4.38. The number of fused-ring (bicyclic) bond motifs is 1. The standard InChI is InChI=1S/C15H13ClN2O/c1-2-3-6-9-17-15(19)13-10-18-14(16)12-8-5-4-7-11(12)13/h4-5,7-8,10H,6,9H2,1H3,(H,17,19). The lowest BCUT2D eigenvalue weighted by molar-refractivity contribution is 0.0956. The molecule has 1 N–H and O–H groups in total. The smallest absolute Gasteiger partial charge is 0.253 e. The van der Waals surface area contributed by atoms with Gasteiger partial charge in [0.25, 0.3) is 5.91 Å². The first-order chi connectivity index (χ1) is 9.24. The third-order valence-electron chi connectivity index (χ3n) is 2.70. The van der Waals surface area contributed by atoms with Crippen LogP contribution in [-0.4, -0.2) is 17.4 Å². The summed E-state index contributed by atoms with van der Waals surface area (Å²) in [6.45, 7) is 2.30. The summed E-state index contributed by atoms with van der Waals surface area (Å²) in [6.07, 6.45) is 2.15. The highest BCUT2D eigenvalue weighted by molar-refractivity contribution is 6.34. The van der Waals surface area contributed by atoms with Crippen molar-refractivity contribution in [2.75, 3.05) is 6.54 Å². The molecule has 4 heteroatoms. The van der Waals surface area contributed by atoms with E-state index >= 15 is 0 Å². The van der Waals surface area contributed by atoms with E-state index in [1.807, 2.05) is 24.3 Å². The molecule has 0 fully saturated rings. The van der Waals surface area contributed by atoms with Gasteiger partial charge < -0.3 is 5.32 Å². The fourth-order valence-electron chi connectivity index (χ4n) is 1.80. The second kappa shape index (κ2) is 6.21. The maximum atomic E-state index is 12.1. The number of aromatic nitrogens is 1. The number of carbonyl (C=O) groups is 1. The molecule has 0 radical (unpaired) electrons. The van der Waals surface area contributed by atoms with Crippen molar-refractivity contribution in [3.8, 4) is 11.8 Å². The summed E-state index contributed by atoms with van der Waals surface area (Å²) in [5, 5.41) is 4.82. The zero-order valence-electron chi connectivity index (χ0n) is 10.5. The number of carbonyl (C=O) groups excluding carboxylic acids is 1. The van der Waals surface area contributed by atoms with Crippen LogP contribution < -0.4 is 5.32 Å². The number of hydrogen-bond acceptors (Lipinski definition) is 2. The number of pyridine rings is 1. The van der Waals surface area contributed by atoms with Crippen LogP contribution in [0.4, 0.5) is 0 Å². The van der Waals surface area contributed by atoms with Gasteiger partial charge >= 0.3 is 0 Å². The van der Waals surface area contributed by atoms with E-state index in [1.165, 1.54) is 6.20 Å². The van der Waals surface area contributed by atoms with E-state index in [2.05, 4.69) is 22.1 Å². The summed E-state index contributed by atoms with van der Waals surface area (Å²) < 4.78 is 0. The highest BCUT2D eigenvalue weighted by atomic mass is 35.5. The summed E-state index contributed by atoms with van der Waals surface area (Å²) >= 11 is 6.02. The number of rotatable bonds is 3. The van der Waals surface area contributed by atoms with E-state index in [0.717, 1.165) is 10.8 Å². The van der Waals surface area contributed by atoms with E-state index in [4.69, 9.17) is 11.6 Å². The first kappa shape index (κ1) is 13.4. The molecule has 96 valence electrons. The van der Waals surface area contributed by atoms with E-state index < -0.39 is 0 Å².